The number of amides is 2. The van der Waals surface area contributed by atoms with Gasteiger partial charge in [-0.05, 0) is 31.4 Å². The summed E-state index contributed by atoms with van der Waals surface area (Å²) in [7, 11) is 0. The molecular formula is C22H28FN3O4S2. The molecule has 0 saturated heterocycles. The molecule has 174 valence electrons. The van der Waals surface area contributed by atoms with Crippen LogP contribution < -0.4 is 5.32 Å². The highest BCUT2D eigenvalue weighted by Gasteiger charge is 2.26. The molecule has 1 aromatic carbocycles. The highest BCUT2D eigenvalue weighted by atomic mass is 32.2. The fraction of sp³-hybridized carbons (Fsp3) is 0.500. The third-order valence-electron chi connectivity index (χ3n) is 5.26. The van der Waals surface area contributed by atoms with Crippen molar-refractivity contribution in [1.29, 1.82) is 0 Å². The van der Waals surface area contributed by atoms with Crippen molar-refractivity contribution in [2.45, 2.75) is 55.9 Å². The number of aromatic nitrogens is 1. The smallest absolute Gasteiger partial charge is 0.323 e. The largest absolute Gasteiger partial charge is 0.481 e. The lowest BCUT2D eigenvalue weighted by molar-refractivity contribution is -0.133. The molecule has 1 saturated carbocycles. The molecule has 32 heavy (non-hydrogen) atoms. The number of ether oxygens (including phenoxy) is 1. The van der Waals surface area contributed by atoms with Gasteiger partial charge in [-0.2, -0.15) is 0 Å². The normalized spacial score (nSPS) is 14.3. The van der Waals surface area contributed by atoms with Gasteiger partial charge in [-0.25, -0.2) is 14.2 Å². The van der Waals surface area contributed by atoms with Crippen molar-refractivity contribution in [1.82, 2.24) is 9.88 Å². The van der Waals surface area contributed by atoms with E-state index in [0.717, 1.165) is 35.5 Å². The molecule has 1 aliphatic rings. The van der Waals surface area contributed by atoms with Gasteiger partial charge in [0.15, 0.2) is 5.13 Å². The van der Waals surface area contributed by atoms with Crippen LogP contribution >= 0.6 is 23.1 Å². The first-order chi connectivity index (χ1) is 15.4. The Bertz CT molecular complexity index is 918. The molecule has 1 aliphatic carbocycles. The molecule has 0 aliphatic heterocycles. The third-order valence-corrected chi connectivity index (χ3v) is 7.35. The number of urea groups is 1. The number of aliphatic carboxylic acids is 1. The van der Waals surface area contributed by atoms with Crippen LogP contribution in [-0.2, 0) is 16.1 Å². The topological polar surface area (TPSA) is 91.8 Å². The molecule has 10 heteroatoms. The standard InChI is InChI=1S/C22H28FN3O4S2/c1-15-7-8-16(18(23)11-15)13-30-10-9-26(17-5-3-2-4-6-17)22(29)25-21-24-12-20(32-21)31-14-19(27)28/h7-8,11-12,17H,2-6,9-10,13-14H2,1H3,(H,27,28)(H,24,25,29). The van der Waals surface area contributed by atoms with Gasteiger partial charge in [-0.1, -0.05) is 42.7 Å². The van der Waals surface area contributed by atoms with Crippen molar-refractivity contribution in [3.05, 3.63) is 41.3 Å². The Kier molecular flexibility index (Phi) is 9.31. The van der Waals surface area contributed by atoms with Crippen LogP contribution in [0.3, 0.4) is 0 Å². The molecule has 1 aromatic heterocycles. The number of thiazole rings is 1. The molecule has 0 atom stereocenters. The molecule has 2 N–H and O–H groups in total. The summed E-state index contributed by atoms with van der Waals surface area (Å²) < 4.78 is 20.4. The van der Waals surface area contributed by atoms with E-state index in [1.165, 1.54) is 35.6 Å². The maximum atomic E-state index is 14.0. The number of nitrogens with zero attached hydrogens (tertiary/aromatic N) is 2. The molecule has 2 aromatic rings. The van der Waals surface area contributed by atoms with E-state index < -0.39 is 5.97 Å². The molecule has 0 unspecified atom stereocenters. The van der Waals surface area contributed by atoms with Crippen LogP contribution in [0.5, 0.6) is 0 Å². The number of halogens is 1. The first-order valence-electron chi connectivity index (χ1n) is 10.6. The number of aryl methyl sites for hydroxylation is 1. The Hall–Kier alpha value is -2.17. The third kappa shape index (κ3) is 7.46. The van der Waals surface area contributed by atoms with Gasteiger partial charge in [-0.3, -0.25) is 10.1 Å². The summed E-state index contributed by atoms with van der Waals surface area (Å²) in [6.07, 6.45) is 6.78. The number of nitrogens with one attached hydrogen (secondary N) is 1. The zero-order chi connectivity index (χ0) is 22.9. The van der Waals surface area contributed by atoms with E-state index in [1.807, 2.05) is 13.0 Å². The quantitative estimate of drug-likeness (QED) is 0.360. The number of carboxylic acid groups (broad SMARTS) is 1. The first kappa shape index (κ1) is 24.5. The summed E-state index contributed by atoms with van der Waals surface area (Å²) in [4.78, 5) is 29.7. The van der Waals surface area contributed by atoms with E-state index >= 15 is 0 Å². The van der Waals surface area contributed by atoms with E-state index in [9.17, 15) is 14.0 Å². The van der Waals surface area contributed by atoms with Crippen LogP contribution in [0.4, 0.5) is 14.3 Å². The number of carboxylic acids is 1. The lowest BCUT2D eigenvalue weighted by Gasteiger charge is -2.34. The Morgan fingerprint density at radius 3 is 2.84 bits per heavy atom. The molecule has 3 rings (SSSR count). The fourth-order valence-corrected chi connectivity index (χ4v) is 5.22. The Labute approximate surface area is 195 Å². The van der Waals surface area contributed by atoms with E-state index in [0.29, 0.717) is 23.8 Å². The van der Waals surface area contributed by atoms with E-state index in [4.69, 9.17) is 9.84 Å². The Morgan fingerprint density at radius 2 is 2.12 bits per heavy atom. The number of carbonyl (C=O) groups excluding carboxylic acids is 1. The van der Waals surface area contributed by atoms with E-state index in [1.54, 1.807) is 17.2 Å². The number of rotatable bonds is 10. The van der Waals surface area contributed by atoms with Gasteiger partial charge in [0, 0.05) is 18.2 Å². The van der Waals surface area contributed by atoms with Gasteiger partial charge in [0.25, 0.3) is 0 Å². The van der Waals surface area contributed by atoms with Gasteiger partial charge in [0.1, 0.15) is 5.82 Å². The number of anilines is 1. The first-order valence-corrected chi connectivity index (χ1v) is 12.4. The zero-order valence-electron chi connectivity index (χ0n) is 18.0. The van der Waals surface area contributed by atoms with Gasteiger partial charge in [0.2, 0.25) is 0 Å². The summed E-state index contributed by atoms with van der Waals surface area (Å²) in [6.45, 7) is 2.69. The molecule has 0 spiro atoms. The lowest BCUT2D eigenvalue weighted by atomic mass is 9.94. The number of hydrogen-bond donors (Lipinski definition) is 2. The average molecular weight is 482 g/mol. The second-order valence-corrected chi connectivity index (χ2v) is 10.0. The molecule has 0 bridgehead atoms. The summed E-state index contributed by atoms with van der Waals surface area (Å²) in [5.74, 6) is -1.24. The van der Waals surface area contributed by atoms with Gasteiger partial charge >= 0.3 is 12.0 Å². The van der Waals surface area contributed by atoms with Crippen LogP contribution in [0.1, 0.15) is 43.2 Å². The van der Waals surface area contributed by atoms with Gasteiger partial charge in [-0.15, -0.1) is 11.8 Å². The maximum absolute atomic E-state index is 14.0. The second-order valence-electron chi connectivity index (χ2n) is 7.73. The van der Waals surface area contributed by atoms with Crippen LogP contribution in [0.15, 0.2) is 28.6 Å². The Balaban J connectivity index is 1.55. The monoisotopic (exact) mass is 481 g/mol. The number of benzene rings is 1. The number of carbonyl (C=O) groups is 2. The Morgan fingerprint density at radius 1 is 1.34 bits per heavy atom. The van der Waals surface area contributed by atoms with Crippen LogP contribution in [0.2, 0.25) is 0 Å². The minimum absolute atomic E-state index is 0.0529. The number of thioether (sulfide) groups is 1. The van der Waals surface area contributed by atoms with E-state index in [-0.39, 0.29) is 30.2 Å². The highest BCUT2D eigenvalue weighted by molar-refractivity contribution is 8.01. The molecule has 0 radical (unpaired) electrons. The summed E-state index contributed by atoms with van der Waals surface area (Å²) >= 11 is 2.42. The van der Waals surface area contributed by atoms with Crippen LogP contribution in [0, 0.1) is 12.7 Å². The molecule has 1 heterocycles. The predicted octanol–water partition coefficient (Wildman–Crippen LogP) is 5.15. The number of hydrogen-bond acceptors (Lipinski definition) is 6. The zero-order valence-corrected chi connectivity index (χ0v) is 19.6. The maximum Gasteiger partial charge on any atom is 0.323 e. The summed E-state index contributed by atoms with van der Waals surface area (Å²) in [5, 5.41) is 12.1. The summed E-state index contributed by atoms with van der Waals surface area (Å²) in [6, 6.07) is 4.94. The van der Waals surface area contributed by atoms with Gasteiger partial charge in [0.05, 0.1) is 29.4 Å². The second kappa shape index (κ2) is 12.2. The van der Waals surface area contributed by atoms with E-state index in [2.05, 4.69) is 10.3 Å². The lowest BCUT2D eigenvalue weighted by Crippen LogP contribution is -2.45. The van der Waals surface area contributed by atoms with Crippen molar-refractivity contribution in [2.24, 2.45) is 0 Å². The molecule has 7 nitrogen and oxygen atoms in total. The van der Waals surface area contributed by atoms with Crippen LogP contribution in [0.25, 0.3) is 0 Å². The van der Waals surface area contributed by atoms with Crippen molar-refractivity contribution >= 4 is 40.2 Å². The highest BCUT2D eigenvalue weighted by Crippen LogP contribution is 2.29. The SMILES string of the molecule is Cc1ccc(COCCN(C(=O)Nc2ncc(SCC(=O)O)s2)C2CCCCC2)c(F)c1. The minimum Gasteiger partial charge on any atom is -0.481 e. The minimum atomic E-state index is -0.900. The van der Waals surface area contributed by atoms with Crippen LogP contribution in [-0.4, -0.2) is 51.9 Å². The molecule has 1 fully saturated rings. The fourth-order valence-electron chi connectivity index (χ4n) is 3.64. The van der Waals surface area contributed by atoms with Gasteiger partial charge < -0.3 is 14.7 Å². The van der Waals surface area contributed by atoms with Crippen molar-refractivity contribution in [2.75, 3.05) is 24.2 Å². The van der Waals surface area contributed by atoms with Crippen molar-refractivity contribution in [3.63, 3.8) is 0 Å². The molecular weight excluding hydrogens is 453 g/mol. The molecule has 2 amide bonds. The van der Waals surface area contributed by atoms with Crippen molar-refractivity contribution in [3.8, 4) is 0 Å². The average Bonchev–Trinajstić information content (AvgIpc) is 3.21. The summed E-state index contributed by atoms with van der Waals surface area (Å²) in [5.41, 5.74) is 1.36. The van der Waals surface area contributed by atoms with Crippen molar-refractivity contribution < 1.29 is 23.8 Å². The predicted molar refractivity (Wildman–Crippen MR) is 124 cm³/mol.